The number of halogens is 1. The second-order valence-electron chi connectivity index (χ2n) is 4.96. The summed E-state index contributed by atoms with van der Waals surface area (Å²) in [5.41, 5.74) is 0.761. The van der Waals surface area contributed by atoms with Gasteiger partial charge in [0, 0.05) is 19.6 Å². The summed E-state index contributed by atoms with van der Waals surface area (Å²) < 4.78 is 45.4. The van der Waals surface area contributed by atoms with E-state index in [0.717, 1.165) is 18.5 Å². The fraction of sp³-hybridized carbons (Fsp3) is 0.571. The zero-order valence-electron chi connectivity index (χ0n) is 12.1. The molecule has 0 amide bonds. The van der Waals surface area contributed by atoms with Crippen LogP contribution in [0.3, 0.4) is 0 Å². The minimum absolute atomic E-state index is 0.250. The van der Waals surface area contributed by atoms with E-state index in [1.54, 1.807) is 6.07 Å². The molecule has 2 rings (SSSR count). The monoisotopic (exact) mass is 316 g/mol. The van der Waals surface area contributed by atoms with E-state index < -0.39 is 15.8 Å². The van der Waals surface area contributed by atoms with E-state index in [2.05, 4.69) is 5.32 Å². The van der Waals surface area contributed by atoms with Crippen molar-refractivity contribution in [2.24, 2.45) is 0 Å². The molecule has 0 saturated carbocycles. The molecule has 1 heterocycles. The maximum Gasteiger partial charge on any atom is 0.246 e. The number of morpholine rings is 1. The lowest BCUT2D eigenvalue weighted by molar-refractivity contribution is 0.0729. The second-order valence-corrected chi connectivity index (χ2v) is 6.86. The van der Waals surface area contributed by atoms with Gasteiger partial charge in [-0.15, -0.1) is 0 Å². The van der Waals surface area contributed by atoms with Crippen molar-refractivity contribution in [3.8, 4) is 0 Å². The van der Waals surface area contributed by atoms with Gasteiger partial charge in [0.15, 0.2) is 0 Å². The molecule has 0 aromatic heterocycles. The van der Waals surface area contributed by atoms with E-state index >= 15 is 0 Å². The van der Waals surface area contributed by atoms with Gasteiger partial charge in [-0.05, 0) is 30.7 Å². The lowest BCUT2D eigenvalue weighted by Gasteiger charge is -2.26. The maximum absolute atomic E-state index is 14.0. The third-order valence-electron chi connectivity index (χ3n) is 3.34. The van der Waals surface area contributed by atoms with E-state index in [4.69, 9.17) is 4.74 Å². The Morgan fingerprint density at radius 3 is 2.71 bits per heavy atom. The number of benzene rings is 1. The highest BCUT2D eigenvalue weighted by Crippen LogP contribution is 2.21. The lowest BCUT2D eigenvalue weighted by Crippen LogP contribution is -2.41. The molecule has 0 unspecified atom stereocenters. The largest absolute Gasteiger partial charge is 0.379 e. The Morgan fingerprint density at radius 2 is 2.05 bits per heavy atom. The number of hydrogen-bond acceptors (Lipinski definition) is 4. The van der Waals surface area contributed by atoms with Crippen LogP contribution < -0.4 is 5.32 Å². The van der Waals surface area contributed by atoms with Gasteiger partial charge < -0.3 is 10.1 Å². The van der Waals surface area contributed by atoms with Gasteiger partial charge in [-0.1, -0.05) is 13.0 Å². The molecule has 7 heteroatoms. The summed E-state index contributed by atoms with van der Waals surface area (Å²) in [4.78, 5) is -0.250. The molecule has 1 aromatic rings. The third-order valence-corrected chi connectivity index (χ3v) is 5.25. The predicted molar refractivity (Wildman–Crippen MR) is 78.0 cm³/mol. The van der Waals surface area contributed by atoms with Crippen LogP contribution in [0.25, 0.3) is 0 Å². The van der Waals surface area contributed by atoms with Gasteiger partial charge in [-0.25, -0.2) is 12.8 Å². The minimum Gasteiger partial charge on any atom is -0.379 e. The number of hydrogen-bond donors (Lipinski definition) is 1. The molecule has 0 radical (unpaired) electrons. The zero-order chi connectivity index (χ0) is 15.3. The van der Waals surface area contributed by atoms with Crippen molar-refractivity contribution in [1.82, 2.24) is 9.62 Å². The van der Waals surface area contributed by atoms with Crippen LogP contribution in [0.5, 0.6) is 0 Å². The molecule has 0 spiro atoms. The first-order valence-corrected chi connectivity index (χ1v) is 8.56. The highest BCUT2D eigenvalue weighted by Gasteiger charge is 2.29. The van der Waals surface area contributed by atoms with Gasteiger partial charge in [0.2, 0.25) is 10.0 Å². The average Bonchev–Trinajstić information content (AvgIpc) is 2.50. The maximum atomic E-state index is 14.0. The molecular formula is C14H21FN2O3S. The zero-order valence-corrected chi connectivity index (χ0v) is 13.0. The van der Waals surface area contributed by atoms with Crippen LogP contribution >= 0.6 is 0 Å². The fourth-order valence-corrected chi connectivity index (χ4v) is 3.71. The number of nitrogens with zero attached hydrogens (tertiary/aromatic N) is 1. The first kappa shape index (κ1) is 16.4. The molecule has 5 nitrogen and oxygen atoms in total. The molecule has 1 saturated heterocycles. The SMILES string of the molecule is CCCNCc1ccc(F)c(S(=O)(=O)N2CCOCC2)c1. The van der Waals surface area contributed by atoms with E-state index in [-0.39, 0.29) is 18.0 Å². The molecule has 0 aliphatic carbocycles. The predicted octanol–water partition coefficient (Wildman–Crippen LogP) is 1.35. The molecule has 118 valence electrons. The number of ether oxygens (including phenoxy) is 1. The molecule has 1 aliphatic rings. The number of rotatable bonds is 6. The third kappa shape index (κ3) is 4.00. The number of nitrogens with one attached hydrogen (secondary N) is 1. The average molecular weight is 316 g/mol. The van der Waals surface area contributed by atoms with Crippen LogP contribution in [0.15, 0.2) is 23.1 Å². The topological polar surface area (TPSA) is 58.6 Å². The first-order chi connectivity index (χ1) is 10.1. The van der Waals surface area contributed by atoms with Crippen LogP contribution in [0.2, 0.25) is 0 Å². The normalized spacial score (nSPS) is 17.0. The Kier molecular flexibility index (Phi) is 5.69. The van der Waals surface area contributed by atoms with Gasteiger partial charge >= 0.3 is 0 Å². The Balaban J connectivity index is 2.22. The molecule has 1 aliphatic heterocycles. The molecule has 0 atom stereocenters. The van der Waals surface area contributed by atoms with Crippen molar-refractivity contribution in [3.05, 3.63) is 29.6 Å². The molecular weight excluding hydrogens is 295 g/mol. The van der Waals surface area contributed by atoms with Gasteiger partial charge in [0.25, 0.3) is 0 Å². The minimum atomic E-state index is -3.80. The van der Waals surface area contributed by atoms with E-state index in [1.807, 2.05) is 6.92 Å². The first-order valence-electron chi connectivity index (χ1n) is 7.12. The standard InChI is InChI=1S/C14H21FN2O3S/c1-2-5-16-11-12-3-4-13(15)14(10-12)21(18,19)17-6-8-20-9-7-17/h3-4,10,16H,2,5-9,11H2,1H3. The molecule has 0 bridgehead atoms. The van der Waals surface area contributed by atoms with E-state index in [9.17, 15) is 12.8 Å². The Morgan fingerprint density at radius 1 is 1.33 bits per heavy atom. The van der Waals surface area contributed by atoms with Crippen LogP contribution in [0, 0.1) is 5.82 Å². The van der Waals surface area contributed by atoms with Gasteiger partial charge in [-0.2, -0.15) is 4.31 Å². The lowest BCUT2D eigenvalue weighted by atomic mass is 10.2. The molecule has 1 fully saturated rings. The Labute approximate surface area is 125 Å². The van der Waals surface area contributed by atoms with Crippen molar-refractivity contribution in [2.75, 3.05) is 32.8 Å². The fourth-order valence-electron chi connectivity index (χ4n) is 2.19. The highest BCUT2D eigenvalue weighted by molar-refractivity contribution is 7.89. The van der Waals surface area contributed by atoms with Crippen molar-refractivity contribution in [2.45, 2.75) is 24.8 Å². The van der Waals surface area contributed by atoms with E-state index in [1.165, 1.54) is 16.4 Å². The second kappa shape index (κ2) is 7.31. The van der Waals surface area contributed by atoms with Crippen LogP contribution in [-0.4, -0.2) is 45.6 Å². The van der Waals surface area contributed by atoms with Crippen LogP contribution in [-0.2, 0) is 21.3 Å². The van der Waals surface area contributed by atoms with E-state index in [0.29, 0.717) is 19.8 Å². The number of sulfonamides is 1. The summed E-state index contributed by atoms with van der Waals surface area (Å²) in [6.45, 7) is 4.63. The summed E-state index contributed by atoms with van der Waals surface area (Å²) in [7, 11) is -3.80. The Bertz CT molecular complexity index is 572. The van der Waals surface area contributed by atoms with Crippen molar-refractivity contribution in [3.63, 3.8) is 0 Å². The Hall–Kier alpha value is -1.02. The van der Waals surface area contributed by atoms with Crippen molar-refractivity contribution < 1.29 is 17.5 Å². The van der Waals surface area contributed by atoms with Gasteiger partial charge in [-0.3, -0.25) is 0 Å². The molecule has 21 heavy (non-hydrogen) atoms. The summed E-state index contributed by atoms with van der Waals surface area (Å²) in [6, 6.07) is 4.25. The smallest absolute Gasteiger partial charge is 0.246 e. The quantitative estimate of drug-likeness (QED) is 0.805. The summed E-state index contributed by atoms with van der Waals surface area (Å²) in [5.74, 6) is -0.708. The van der Waals surface area contributed by atoms with Crippen LogP contribution in [0.1, 0.15) is 18.9 Å². The van der Waals surface area contributed by atoms with Crippen molar-refractivity contribution in [1.29, 1.82) is 0 Å². The molecule has 1 N–H and O–H groups in total. The molecule has 1 aromatic carbocycles. The van der Waals surface area contributed by atoms with Gasteiger partial charge in [0.05, 0.1) is 13.2 Å². The summed E-state index contributed by atoms with van der Waals surface area (Å²) in [5, 5.41) is 3.18. The van der Waals surface area contributed by atoms with Crippen molar-refractivity contribution >= 4 is 10.0 Å². The highest BCUT2D eigenvalue weighted by atomic mass is 32.2. The summed E-state index contributed by atoms with van der Waals surface area (Å²) >= 11 is 0. The van der Waals surface area contributed by atoms with Gasteiger partial charge in [0.1, 0.15) is 10.7 Å². The van der Waals surface area contributed by atoms with Crippen LogP contribution in [0.4, 0.5) is 4.39 Å². The summed E-state index contributed by atoms with van der Waals surface area (Å²) in [6.07, 6.45) is 0.986.